The number of rotatable bonds is 3. The first kappa shape index (κ1) is 16.2. The van der Waals surface area contributed by atoms with Crippen LogP contribution in [0.15, 0.2) is 30.5 Å². The zero-order chi connectivity index (χ0) is 17.3. The highest BCUT2D eigenvalue weighted by Crippen LogP contribution is 2.23. The van der Waals surface area contributed by atoms with E-state index in [1.807, 2.05) is 38.1 Å². The Hall–Kier alpha value is -2.70. The second-order valence-corrected chi connectivity index (χ2v) is 6.47. The van der Waals surface area contributed by atoms with Gasteiger partial charge < -0.3 is 10.0 Å². The van der Waals surface area contributed by atoms with Crippen molar-refractivity contribution in [2.45, 2.75) is 20.3 Å². The number of carboxylic acid groups (broad SMARTS) is 1. The van der Waals surface area contributed by atoms with Crippen LogP contribution in [-0.2, 0) is 4.79 Å². The molecule has 1 aliphatic rings. The fourth-order valence-corrected chi connectivity index (χ4v) is 3.12. The van der Waals surface area contributed by atoms with E-state index >= 15 is 0 Å². The molecule has 1 aromatic heterocycles. The third-order valence-electron chi connectivity index (χ3n) is 4.27. The summed E-state index contributed by atoms with van der Waals surface area (Å²) in [5, 5.41) is 17.2. The van der Waals surface area contributed by atoms with E-state index in [4.69, 9.17) is 0 Å². The lowest BCUT2D eigenvalue weighted by molar-refractivity contribution is -0.143. The van der Waals surface area contributed by atoms with Crippen LogP contribution in [0.3, 0.4) is 0 Å². The van der Waals surface area contributed by atoms with Crippen molar-refractivity contribution in [3.63, 3.8) is 0 Å². The van der Waals surface area contributed by atoms with Crippen molar-refractivity contribution in [1.82, 2.24) is 19.9 Å². The summed E-state index contributed by atoms with van der Waals surface area (Å²) in [6, 6.07) is 7.73. The number of likely N-dealkylation sites (tertiary alicyclic amines) is 1. The molecule has 1 amide bonds. The van der Waals surface area contributed by atoms with Crippen LogP contribution in [0, 0.1) is 18.8 Å². The number of amides is 1. The van der Waals surface area contributed by atoms with Gasteiger partial charge in [0.25, 0.3) is 5.91 Å². The van der Waals surface area contributed by atoms with E-state index in [2.05, 4.69) is 10.3 Å². The molecule has 2 heterocycles. The Bertz CT molecular complexity index is 771. The molecule has 7 heteroatoms. The van der Waals surface area contributed by atoms with Crippen LogP contribution in [0.2, 0.25) is 0 Å². The van der Waals surface area contributed by atoms with Crippen molar-refractivity contribution < 1.29 is 14.7 Å². The highest BCUT2D eigenvalue weighted by molar-refractivity contribution is 5.92. The first-order valence-corrected chi connectivity index (χ1v) is 7.95. The molecular weight excluding hydrogens is 308 g/mol. The van der Waals surface area contributed by atoms with Gasteiger partial charge in [0, 0.05) is 13.1 Å². The molecule has 2 atom stereocenters. The minimum absolute atomic E-state index is 0.149. The minimum atomic E-state index is -0.859. The highest BCUT2D eigenvalue weighted by Gasteiger charge is 2.33. The van der Waals surface area contributed by atoms with Crippen molar-refractivity contribution in [3.8, 4) is 5.69 Å². The average Bonchev–Trinajstić information content (AvgIpc) is 3.03. The summed E-state index contributed by atoms with van der Waals surface area (Å²) in [5.41, 5.74) is 2.15. The number of piperidine rings is 1. The highest BCUT2D eigenvalue weighted by atomic mass is 16.4. The van der Waals surface area contributed by atoms with Crippen LogP contribution in [0.1, 0.15) is 29.4 Å². The van der Waals surface area contributed by atoms with E-state index in [1.54, 1.807) is 15.8 Å². The Morgan fingerprint density at radius 1 is 1.29 bits per heavy atom. The predicted molar refractivity (Wildman–Crippen MR) is 86.9 cm³/mol. The summed E-state index contributed by atoms with van der Waals surface area (Å²) in [6.45, 7) is 4.70. The van der Waals surface area contributed by atoms with E-state index in [-0.39, 0.29) is 24.1 Å². The molecule has 0 aliphatic carbocycles. The summed E-state index contributed by atoms with van der Waals surface area (Å²) in [5.74, 6) is -1.50. The van der Waals surface area contributed by atoms with E-state index in [0.717, 1.165) is 11.3 Å². The Morgan fingerprint density at radius 3 is 2.79 bits per heavy atom. The molecule has 1 fully saturated rings. The van der Waals surface area contributed by atoms with Gasteiger partial charge in [-0.2, -0.15) is 0 Å². The molecule has 24 heavy (non-hydrogen) atoms. The summed E-state index contributed by atoms with van der Waals surface area (Å²) in [7, 11) is 0. The standard InChI is InChI=1S/C17H20N4O3/c1-11-4-3-5-14(7-11)21-10-15(18-19-21)16(22)20-8-12(2)6-13(9-20)17(23)24/h3-5,7,10,12-13H,6,8-9H2,1-2H3,(H,23,24). The Morgan fingerprint density at radius 2 is 2.08 bits per heavy atom. The van der Waals surface area contributed by atoms with Crippen molar-refractivity contribution in [3.05, 3.63) is 41.7 Å². The van der Waals surface area contributed by atoms with Crippen LogP contribution in [0.5, 0.6) is 0 Å². The topological polar surface area (TPSA) is 88.3 Å². The van der Waals surface area contributed by atoms with Crippen LogP contribution in [-0.4, -0.2) is 50.0 Å². The smallest absolute Gasteiger partial charge is 0.308 e. The van der Waals surface area contributed by atoms with Gasteiger partial charge in [0.1, 0.15) is 0 Å². The number of aromatic nitrogens is 3. The summed E-state index contributed by atoms with van der Waals surface area (Å²) < 4.78 is 1.56. The van der Waals surface area contributed by atoms with Crippen LogP contribution < -0.4 is 0 Å². The van der Waals surface area contributed by atoms with Crippen LogP contribution in [0.25, 0.3) is 5.69 Å². The first-order valence-electron chi connectivity index (χ1n) is 7.95. The summed E-state index contributed by atoms with van der Waals surface area (Å²) >= 11 is 0. The lowest BCUT2D eigenvalue weighted by atomic mass is 9.90. The monoisotopic (exact) mass is 328 g/mol. The predicted octanol–water partition coefficient (Wildman–Crippen LogP) is 1.76. The van der Waals surface area contributed by atoms with Gasteiger partial charge in [0.15, 0.2) is 5.69 Å². The quantitative estimate of drug-likeness (QED) is 0.927. The van der Waals surface area contributed by atoms with Gasteiger partial charge in [-0.15, -0.1) is 5.10 Å². The molecule has 0 radical (unpaired) electrons. The average molecular weight is 328 g/mol. The molecule has 1 aromatic carbocycles. The Labute approximate surface area is 139 Å². The molecule has 0 spiro atoms. The molecule has 1 saturated heterocycles. The molecule has 2 unspecified atom stereocenters. The Balaban J connectivity index is 1.79. The maximum absolute atomic E-state index is 12.6. The summed E-state index contributed by atoms with van der Waals surface area (Å²) in [6.07, 6.45) is 2.18. The van der Waals surface area contributed by atoms with Gasteiger partial charge in [-0.25, -0.2) is 4.68 Å². The molecule has 7 nitrogen and oxygen atoms in total. The first-order chi connectivity index (χ1) is 11.4. The van der Waals surface area contributed by atoms with E-state index in [1.165, 1.54) is 0 Å². The number of carboxylic acids is 1. The fraction of sp³-hybridized carbons (Fsp3) is 0.412. The van der Waals surface area contributed by atoms with E-state index in [0.29, 0.717) is 13.0 Å². The van der Waals surface area contributed by atoms with Gasteiger partial charge in [0.05, 0.1) is 17.8 Å². The number of benzene rings is 1. The molecular formula is C17H20N4O3. The van der Waals surface area contributed by atoms with E-state index < -0.39 is 11.9 Å². The third-order valence-corrected chi connectivity index (χ3v) is 4.27. The lowest BCUT2D eigenvalue weighted by Crippen LogP contribution is -2.45. The summed E-state index contributed by atoms with van der Waals surface area (Å²) in [4.78, 5) is 25.5. The molecule has 2 aromatic rings. The largest absolute Gasteiger partial charge is 0.481 e. The second-order valence-electron chi connectivity index (χ2n) is 6.47. The lowest BCUT2D eigenvalue weighted by Gasteiger charge is -2.34. The minimum Gasteiger partial charge on any atom is -0.481 e. The van der Waals surface area contributed by atoms with Gasteiger partial charge in [-0.3, -0.25) is 9.59 Å². The Kier molecular flexibility index (Phi) is 4.33. The zero-order valence-corrected chi connectivity index (χ0v) is 13.7. The molecule has 0 bridgehead atoms. The maximum atomic E-state index is 12.6. The molecule has 0 saturated carbocycles. The number of aryl methyl sites for hydroxylation is 1. The number of aliphatic carboxylic acids is 1. The normalized spacial score (nSPS) is 20.8. The van der Waals surface area contributed by atoms with Gasteiger partial charge in [0.2, 0.25) is 0 Å². The van der Waals surface area contributed by atoms with Crippen LogP contribution >= 0.6 is 0 Å². The van der Waals surface area contributed by atoms with Crippen LogP contribution in [0.4, 0.5) is 0 Å². The number of hydrogen-bond acceptors (Lipinski definition) is 4. The second kappa shape index (κ2) is 6.43. The molecule has 3 rings (SSSR count). The van der Waals surface area contributed by atoms with Gasteiger partial charge >= 0.3 is 5.97 Å². The van der Waals surface area contributed by atoms with Gasteiger partial charge in [-0.05, 0) is 37.0 Å². The molecule has 1 aliphatic heterocycles. The third kappa shape index (κ3) is 3.29. The van der Waals surface area contributed by atoms with E-state index in [9.17, 15) is 14.7 Å². The van der Waals surface area contributed by atoms with Crippen molar-refractivity contribution in [2.24, 2.45) is 11.8 Å². The van der Waals surface area contributed by atoms with Crippen molar-refractivity contribution in [1.29, 1.82) is 0 Å². The SMILES string of the molecule is Cc1cccc(-n2cc(C(=O)N3CC(C)CC(C(=O)O)C3)nn2)c1. The molecule has 126 valence electrons. The van der Waals surface area contributed by atoms with Crippen molar-refractivity contribution >= 4 is 11.9 Å². The maximum Gasteiger partial charge on any atom is 0.308 e. The number of carbonyl (C=O) groups excluding carboxylic acids is 1. The zero-order valence-electron chi connectivity index (χ0n) is 13.7. The number of hydrogen-bond donors (Lipinski definition) is 1. The molecule has 1 N–H and O–H groups in total. The fourth-order valence-electron chi connectivity index (χ4n) is 3.12. The number of carbonyl (C=O) groups is 2. The van der Waals surface area contributed by atoms with Crippen molar-refractivity contribution in [2.75, 3.05) is 13.1 Å². The number of nitrogens with zero attached hydrogens (tertiary/aromatic N) is 4. The van der Waals surface area contributed by atoms with Gasteiger partial charge in [-0.1, -0.05) is 24.3 Å².